The molecule has 0 aliphatic carbocycles. The molecule has 184 valence electrons. The van der Waals surface area contributed by atoms with Crippen molar-refractivity contribution in [3.8, 4) is 5.69 Å². The van der Waals surface area contributed by atoms with E-state index in [0.29, 0.717) is 36.4 Å². The molecule has 2 heterocycles. The van der Waals surface area contributed by atoms with Crippen molar-refractivity contribution in [1.82, 2.24) is 25.5 Å². The van der Waals surface area contributed by atoms with E-state index < -0.39 is 4.92 Å². The first-order valence-corrected chi connectivity index (χ1v) is 12.7. The third-order valence-electron chi connectivity index (χ3n) is 5.23. The summed E-state index contributed by atoms with van der Waals surface area (Å²) in [4.78, 5) is 29.1. The van der Waals surface area contributed by atoms with Crippen molar-refractivity contribution in [2.24, 2.45) is 4.99 Å². The maximum Gasteiger partial charge on any atom is 0.283 e. The number of carbonyl (C=O) groups is 1. The normalized spacial score (nSPS) is 15.4. The average molecular weight is 550 g/mol. The molecule has 0 bridgehead atoms. The van der Waals surface area contributed by atoms with E-state index in [9.17, 15) is 14.9 Å². The number of hydrogen-bond acceptors (Lipinski definition) is 9. The number of thioether (sulfide) groups is 1. The Kier molecular flexibility index (Phi) is 7.04. The van der Waals surface area contributed by atoms with Gasteiger partial charge in [-0.25, -0.2) is 4.99 Å². The fourth-order valence-electron chi connectivity index (χ4n) is 3.38. The van der Waals surface area contributed by atoms with Gasteiger partial charge in [0.1, 0.15) is 0 Å². The third-order valence-corrected chi connectivity index (χ3v) is 7.55. The SMILES string of the molecule is Cc1c(Cl)cccc1N=C1NC(=O)/C(=C/c2ccc(Sc3nnnn3-c3ccccc3)c([N+](=O)[O-])c2)S1. The molecule has 0 atom stereocenters. The molecular formula is C24H16ClN7O3S2. The van der Waals surface area contributed by atoms with E-state index in [1.165, 1.54) is 10.7 Å². The van der Waals surface area contributed by atoms with Gasteiger partial charge in [-0.1, -0.05) is 41.9 Å². The second-order valence-electron chi connectivity index (χ2n) is 7.66. The molecule has 0 radical (unpaired) electrons. The zero-order chi connectivity index (χ0) is 25.9. The Hall–Kier alpha value is -4.00. The van der Waals surface area contributed by atoms with Gasteiger partial charge in [0, 0.05) is 11.1 Å². The number of halogens is 1. The average Bonchev–Trinajstić information content (AvgIpc) is 3.49. The van der Waals surface area contributed by atoms with Crippen LogP contribution in [-0.2, 0) is 4.79 Å². The Labute approximate surface area is 224 Å². The van der Waals surface area contributed by atoms with Crippen molar-refractivity contribution in [1.29, 1.82) is 0 Å². The van der Waals surface area contributed by atoms with Crippen LogP contribution < -0.4 is 5.32 Å². The van der Waals surface area contributed by atoms with Gasteiger partial charge in [0.05, 0.1) is 26.1 Å². The fourth-order valence-corrected chi connectivity index (χ4v) is 5.26. The van der Waals surface area contributed by atoms with Gasteiger partial charge in [-0.3, -0.25) is 14.9 Å². The van der Waals surface area contributed by atoms with E-state index in [1.807, 2.05) is 37.3 Å². The molecule has 1 fully saturated rings. The summed E-state index contributed by atoms with van der Waals surface area (Å²) >= 11 is 8.38. The van der Waals surface area contributed by atoms with Crippen molar-refractivity contribution in [2.45, 2.75) is 17.0 Å². The van der Waals surface area contributed by atoms with Crippen LogP contribution in [0.5, 0.6) is 0 Å². The summed E-state index contributed by atoms with van der Waals surface area (Å²) in [5.74, 6) is -0.341. The Bertz CT molecular complexity index is 1590. The van der Waals surface area contributed by atoms with Crippen molar-refractivity contribution < 1.29 is 9.72 Å². The maximum atomic E-state index is 12.5. The van der Waals surface area contributed by atoms with Gasteiger partial charge < -0.3 is 5.32 Å². The van der Waals surface area contributed by atoms with Crippen LogP contribution in [0.15, 0.2) is 86.7 Å². The Morgan fingerprint density at radius 1 is 1.16 bits per heavy atom. The van der Waals surface area contributed by atoms with Crippen LogP contribution in [0.3, 0.4) is 0 Å². The van der Waals surface area contributed by atoms with Crippen LogP contribution in [0.1, 0.15) is 11.1 Å². The van der Waals surface area contributed by atoms with Crippen molar-refractivity contribution in [3.05, 3.63) is 97.9 Å². The van der Waals surface area contributed by atoms with E-state index in [4.69, 9.17) is 11.6 Å². The summed E-state index contributed by atoms with van der Waals surface area (Å²) in [6.45, 7) is 1.84. The molecule has 13 heteroatoms. The van der Waals surface area contributed by atoms with Gasteiger partial charge in [-0.2, -0.15) is 4.68 Å². The summed E-state index contributed by atoms with van der Waals surface area (Å²) in [7, 11) is 0. The standard InChI is InChI=1S/C24H16ClN7O3S2/c1-14-17(25)8-5-9-18(14)26-23-27-22(33)21(36-23)13-15-10-11-20(19(12-15)32(34)35)37-24-28-29-30-31(24)16-6-3-2-4-7-16/h2-13H,1H3,(H,26,27,33)/b21-13-. The Morgan fingerprint density at radius 3 is 2.76 bits per heavy atom. The molecule has 1 aliphatic rings. The highest BCUT2D eigenvalue weighted by atomic mass is 35.5. The predicted octanol–water partition coefficient (Wildman–Crippen LogP) is 5.58. The molecule has 10 nitrogen and oxygen atoms in total. The Balaban J connectivity index is 1.41. The number of tetrazole rings is 1. The molecule has 37 heavy (non-hydrogen) atoms. The molecule has 1 aromatic heterocycles. The van der Waals surface area contributed by atoms with Crippen LogP contribution in [0.4, 0.5) is 11.4 Å². The number of carbonyl (C=O) groups excluding carboxylic acids is 1. The number of nitrogens with one attached hydrogen (secondary N) is 1. The van der Waals surface area contributed by atoms with E-state index in [0.717, 1.165) is 34.8 Å². The number of aliphatic imine (C=N–C) groups is 1. The smallest absolute Gasteiger partial charge is 0.283 e. The van der Waals surface area contributed by atoms with Gasteiger partial charge in [0.2, 0.25) is 5.16 Å². The zero-order valence-electron chi connectivity index (χ0n) is 19.0. The number of aromatic nitrogens is 4. The number of amidine groups is 1. The van der Waals surface area contributed by atoms with Crippen molar-refractivity contribution >= 4 is 63.7 Å². The lowest BCUT2D eigenvalue weighted by molar-refractivity contribution is -0.387. The second kappa shape index (κ2) is 10.5. The molecule has 0 unspecified atom stereocenters. The van der Waals surface area contributed by atoms with E-state index in [-0.39, 0.29) is 11.6 Å². The molecule has 1 amide bonds. The Morgan fingerprint density at radius 2 is 1.97 bits per heavy atom. The number of nitrogens with zero attached hydrogens (tertiary/aromatic N) is 6. The van der Waals surface area contributed by atoms with E-state index in [1.54, 1.807) is 36.4 Å². The first kappa shape index (κ1) is 24.7. The number of hydrogen-bond donors (Lipinski definition) is 1. The summed E-state index contributed by atoms with van der Waals surface area (Å²) < 4.78 is 1.51. The molecule has 3 aromatic carbocycles. The lowest BCUT2D eigenvalue weighted by Gasteiger charge is -2.05. The van der Waals surface area contributed by atoms with E-state index in [2.05, 4.69) is 25.8 Å². The van der Waals surface area contributed by atoms with Crippen LogP contribution in [0.2, 0.25) is 5.02 Å². The molecule has 1 aliphatic heterocycles. The van der Waals surface area contributed by atoms with Crippen LogP contribution in [-0.4, -0.2) is 36.2 Å². The zero-order valence-corrected chi connectivity index (χ0v) is 21.4. The summed E-state index contributed by atoms with van der Waals surface area (Å²) in [5.41, 5.74) is 2.54. The van der Waals surface area contributed by atoms with Gasteiger partial charge in [-0.05, 0) is 88.4 Å². The number of para-hydroxylation sites is 1. The summed E-state index contributed by atoms with van der Waals surface area (Å²) in [6.07, 6.45) is 1.59. The van der Waals surface area contributed by atoms with Gasteiger partial charge in [0.15, 0.2) is 5.17 Å². The molecule has 1 N–H and O–H groups in total. The molecule has 5 rings (SSSR count). The minimum Gasteiger partial charge on any atom is -0.300 e. The number of rotatable bonds is 6. The first-order valence-electron chi connectivity index (χ1n) is 10.7. The quantitative estimate of drug-likeness (QED) is 0.188. The van der Waals surface area contributed by atoms with E-state index >= 15 is 0 Å². The first-order chi connectivity index (χ1) is 17.9. The van der Waals surface area contributed by atoms with Crippen molar-refractivity contribution in [2.75, 3.05) is 0 Å². The maximum absolute atomic E-state index is 12.5. The number of benzene rings is 3. The molecule has 1 saturated heterocycles. The molecule has 4 aromatic rings. The largest absolute Gasteiger partial charge is 0.300 e. The van der Waals surface area contributed by atoms with Crippen LogP contribution in [0.25, 0.3) is 11.8 Å². The minimum atomic E-state index is -0.475. The van der Waals surface area contributed by atoms with Crippen LogP contribution >= 0.6 is 35.1 Å². The fraction of sp³-hybridized carbons (Fsp3) is 0.0417. The molecule has 0 saturated carbocycles. The highest BCUT2D eigenvalue weighted by molar-refractivity contribution is 8.18. The summed E-state index contributed by atoms with van der Waals surface area (Å²) in [5, 5.41) is 27.7. The predicted molar refractivity (Wildman–Crippen MR) is 143 cm³/mol. The van der Waals surface area contributed by atoms with Gasteiger partial charge in [-0.15, -0.1) is 5.10 Å². The summed E-state index contributed by atoms with van der Waals surface area (Å²) in [6, 6.07) is 19.3. The molecular weight excluding hydrogens is 534 g/mol. The van der Waals surface area contributed by atoms with Gasteiger partial charge in [0.25, 0.3) is 11.6 Å². The monoisotopic (exact) mass is 549 g/mol. The highest BCUT2D eigenvalue weighted by Gasteiger charge is 2.25. The lowest BCUT2D eigenvalue weighted by Crippen LogP contribution is -2.19. The topological polar surface area (TPSA) is 128 Å². The second-order valence-corrected chi connectivity index (χ2v) is 10.1. The number of nitro benzene ring substituents is 1. The number of nitro groups is 1. The minimum absolute atomic E-state index is 0.131. The number of amides is 1. The van der Waals surface area contributed by atoms with Crippen molar-refractivity contribution in [3.63, 3.8) is 0 Å². The lowest BCUT2D eigenvalue weighted by atomic mass is 10.2. The highest BCUT2D eigenvalue weighted by Crippen LogP contribution is 2.36. The van der Waals surface area contributed by atoms with Gasteiger partial charge >= 0.3 is 0 Å². The van der Waals surface area contributed by atoms with Crippen LogP contribution in [0, 0.1) is 17.0 Å². The third kappa shape index (κ3) is 5.40. The molecule has 0 spiro atoms.